The number of carbonyl (C=O) groups excluding carboxylic acids is 2. The Hall–Kier alpha value is -3.17. The second-order valence-corrected chi connectivity index (χ2v) is 11.4. The predicted octanol–water partition coefficient (Wildman–Crippen LogP) is 4.92. The summed E-state index contributed by atoms with van der Waals surface area (Å²) in [6.45, 7) is 6.89. The first-order chi connectivity index (χ1) is 18.2. The van der Waals surface area contributed by atoms with E-state index in [9.17, 15) is 9.59 Å². The molecule has 3 atom stereocenters. The van der Waals surface area contributed by atoms with Gasteiger partial charge in [0.15, 0.2) is 0 Å². The Morgan fingerprint density at radius 3 is 2.53 bits per heavy atom. The molecule has 1 saturated carbocycles. The number of amides is 2. The zero-order valence-electron chi connectivity index (χ0n) is 21.5. The van der Waals surface area contributed by atoms with Crippen LogP contribution in [0.4, 0.5) is 5.95 Å². The molecule has 4 heterocycles. The average Bonchev–Trinajstić information content (AvgIpc) is 3.64. The third-order valence-electron chi connectivity index (χ3n) is 7.74. The maximum absolute atomic E-state index is 13.9. The predicted molar refractivity (Wildman–Crippen MR) is 145 cm³/mol. The fourth-order valence-electron chi connectivity index (χ4n) is 5.31. The number of halogens is 2. The summed E-state index contributed by atoms with van der Waals surface area (Å²) >= 11 is 12.2. The number of hydrogen-bond donors (Lipinski definition) is 1. The lowest BCUT2D eigenvalue weighted by Gasteiger charge is -2.37. The molecule has 0 radical (unpaired) electrons. The van der Waals surface area contributed by atoms with Gasteiger partial charge < -0.3 is 15.1 Å². The van der Waals surface area contributed by atoms with E-state index in [0.717, 1.165) is 29.7 Å². The minimum absolute atomic E-state index is 0.0120. The lowest BCUT2D eigenvalue weighted by molar-refractivity contribution is 0.0573. The van der Waals surface area contributed by atoms with Gasteiger partial charge in [-0.1, -0.05) is 23.2 Å². The van der Waals surface area contributed by atoms with Crippen LogP contribution in [0.15, 0.2) is 30.6 Å². The Balaban J connectivity index is 1.27. The average molecular weight is 554 g/mol. The van der Waals surface area contributed by atoms with Crippen molar-refractivity contribution in [2.24, 2.45) is 0 Å². The van der Waals surface area contributed by atoms with Crippen LogP contribution in [0.3, 0.4) is 0 Å². The molecule has 1 aliphatic carbocycles. The van der Waals surface area contributed by atoms with Gasteiger partial charge in [-0.05, 0) is 51.8 Å². The normalized spacial score (nSPS) is 21.7. The minimum atomic E-state index is -0.212. The largest absolute Gasteiger partial charge is 0.351 e. The minimum Gasteiger partial charge on any atom is -0.351 e. The highest BCUT2D eigenvalue weighted by Gasteiger charge is 2.40. The van der Waals surface area contributed by atoms with Crippen molar-refractivity contribution in [1.82, 2.24) is 29.5 Å². The highest BCUT2D eigenvalue weighted by molar-refractivity contribution is 6.42. The van der Waals surface area contributed by atoms with Gasteiger partial charge in [0.25, 0.3) is 11.8 Å². The maximum atomic E-state index is 13.9. The summed E-state index contributed by atoms with van der Waals surface area (Å²) in [5.74, 6) is 0.371. The molecule has 0 bridgehead atoms. The molecule has 2 amide bonds. The topological polar surface area (TPSA) is 96.3 Å². The fraction of sp³-hybridized carbons (Fsp3) is 0.444. The Kier molecular flexibility index (Phi) is 6.31. The molecule has 2 aromatic heterocycles. The second kappa shape index (κ2) is 9.54. The summed E-state index contributed by atoms with van der Waals surface area (Å²) in [5.41, 5.74) is 3.58. The van der Waals surface area contributed by atoms with Crippen LogP contribution in [-0.4, -0.2) is 60.0 Å². The van der Waals surface area contributed by atoms with E-state index in [1.54, 1.807) is 35.5 Å². The molecule has 1 N–H and O–H groups in total. The number of aromatic nitrogens is 4. The van der Waals surface area contributed by atoms with Crippen LogP contribution in [-0.2, 0) is 13.0 Å². The maximum Gasteiger partial charge on any atom is 0.273 e. The van der Waals surface area contributed by atoms with Crippen LogP contribution in [0.5, 0.6) is 0 Å². The Morgan fingerprint density at radius 2 is 1.84 bits per heavy atom. The number of nitrogens with one attached hydrogen (secondary N) is 1. The molecule has 3 aromatic rings. The molecular formula is C27H29Cl2N7O2. The Labute approximate surface area is 231 Å². The lowest BCUT2D eigenvalue weighted by atomic mass is 9.97. The van der Waals surface area contributed by atoms with E-state index in [0.29, 0.717) is 52.8 Å². The molecule has 0 unspecified atom stereocenters. The van der Waals surface area contributed by atoms with Crippen molar-refractivity contribution in [3.8, 4) is 0 Å². The van der Waals surface area contributed by atoms with E-state index in [-0.39, 0.29) is 29.9 Å². The summed E-state index contributed by atoms with van der Waals surface area (Å²) < 4.78 is 1.84. The van der Waals surface area contributed by atoms with Crippen molar-refractivity contribution >= 4 is 41.0 Å². The molecule has 11 heteroatoms. The monoisotopic (exact) mass is 553 g/mol. The Morgan fingerprint density at radius 1 is 1.11 bits per heavy atom. The van der Waals surface area contributed by atoms with Gasteiger partial charge in [-0.3, -0.25) is 14.3 Å². The quantitative estimate of drug-likeness (QED) is 0.481. The van der Waals surface area contributed by atoms with Crippen LogP contribution >= 0.6 is 23.2 Å². The molecule has 6 rings (SSSR count). The molecule has 198 valence electrons. The number of benzene rings is 1. The zero-order chi connectivity index (χ0) is 26.7. The van der Waals surface area contributed by atoms with Gasteiger partial charge in [-0.15, -0.1) is 0 Å². The molecule has 2 aliphatic heterocycles. The van der Waals surface area contributed by atoms with Gasteiger partial charge >= 0.3 is 0 Å². The third-order valence-corrected chi connectivity index (χ3v) is 8.48. The van der Waals surface area contributed by atoms with Gasteiger partial charge in [-0.2, -0.15) is 5.10 Å². The summed E-state index contributed by atoms with van der Waals surface area (Å²) in [4.78, 5) is 39.9. The number of hydrogen-bond acceptors (Lipinski definition) is 6. The summed E-state index contributed by atoms with van der Waals surface area (Å²) in [6.07, 6.45) is 6.45. The lowest BCUT2D eigenvalue weighted by Crippen LogP contribution is -2.45. The summed E-state index contributed by atoms with van der Waals surface area (Å²) in [6, 6.07) is 5.06. The smallest absolute Gasteiger partial charge is 0.273 e. The summed E-state index contributed by atoms with van der Waals surface area (Å²) in [7, 11) is 0. The first-order valence-corrected chi connectivity index (χ1v) is 13.7. The summed E-state index contributed by atoms with van der Waals surface area (Å²) in [5, 5.41) is 8.86. The van der Waals surface area contributed by atoms with Crippen molar-refractivity contribution in [2.45, 2.75) is 70.7 Å². The highest BCUT2D eigenvalue weighted by Crippen LogP contribution is 2.35. The van der Waals surface area contributed by atoms with Crippen LogP contribution in [0.25, 0.3) is 0 Å². The van der Waals surface area contributed by atoms with E-state index >= 15 is 0 Å². The number of anilines is 1. The number of fused-ring (bicyclic) bond motifs is 3. The van der Waals surface area contributed by atoms with Gasteiger partial charge in [0.1, 0.15) is 5.69 Å². The van der Waals surface area contributed by atoms with Crippen molar-refractivity contribution in [3.63, 3.8) is 0 Å². The molecule has 1 fully saturated rings. The van der Waals surface area contributed by atoms with Gasteiger partial charge in [-0.25, -0.2) is 9.97 Å². The van der Waals surface area contributed by atoms with Crippen LogP contribution < -0.4 is 5.32 Å². The van der Waals surface area contributed by atoms with Gasteiger partial charge in [0.05, 0.1) is 34.4 Å². The van der Waals surface area contributed by atoms with Crippen molar-refractivity contribution in [2.75, 3.05) is 11.9 Å². The molecular weight excluding hydrogens is 525 g/mol. The van der Waals surface area contributed by atoms with Crippen molar-refractivity contribution < 1.29 is 9.59 Å². The molecule has 0 spiro atoms. The number of carbonyl (C=O) groups is 2. The van der Waals surface area contributed by atoms with E-state index in [1.807, 2.05) is 23.4 Å². The van der Waals surface area contributed by atoms with Crippen LogP contribution in [0.1, 0.15) is 83.4 Å². The first kappa shape index (κ1) is 25.1. The van der Waals surface area contributed by atoms with E-state index < -0.39 is 0 Å². The molecule has 1 aromatic carbocycles. The van der Waals surface area contributed by atoms with E-state index in [2.05, 4.69) is 22.2 Å². The standard InChI is InChI=1S/C27H29Cl2N7O2/c1-14-8-23-20(13-34(14)25(37)17-4-7-21(28)22(29)9-17)24-26(38)35(12-15(2)36(24)33-23)16(3)18-10-30-27(31-11-18)32-19-5-6-19/h4,7,9-11,14-16,19H,5-6,8,12-13H2,1-3H3,(H,30,31,32)/t14-,15-,16-/m1/s1. The van der Waals surface area contributed by atoms with E-state index in [1.165, 1.54) is 0 Å². The molecule has 9 nitrogen and oxygen atoms in total. The van der Waals surface area contributed by atoms with Gasteiger partial charge in [0.2, 0.25) is 5.95 Å². The fourth-order valence-corrected chi connectivity index (χ4v) is 5.61. The number of rotatable bonds is 5. The van der Waals surface area contributed by atoms with Crippen LogP contribution in [0.2, 0.25) is 10.0 Å². The second-order valence-electron chi connectivity index (χ2n) is 10.6. The Bertz CT molecular complexity index is 1420. The van der Waals surface area contributed by atoms with Crippen LogP contribution in [0, 0.1) is 0 Å². The third kappa shape index (κ3) is 4.41. The highest BCUT2D eigenvalue weighted by atomic mass is 35.5. The number of nitrogens with zero attached hydrogens (tertiary/aromatic N) is 6. The van der Waals surface area contributed by atoms with Gasteiger partial charge in [0, 0.05) is 54.1 Å². The van der Waals surface area contributed by atoms with E-state index in [4.69, 9.17) is 28.3 Å². The molecule has 3 aliphatic rings. The molecule has 0 saturated heterocycles. The molecule has 38 heavy (non-hydrogen) atoms. The zero-order valence-corrected chi connectivity index (χ0v) is 23.0. The first-order valence-electron chi connectivity index (χ1n) is 13.0. The van der Waals surface area contributed by atoms with Crippen molar-refractivity contribution in [3.05, 3.63) is 68.7 Å². The SMILES string of the molecule is C[C@@H]1Cc2nn3c(c2CN1C(=O)c1ccc(Cl)c(Cl)c1)C(=O)N([C@H](C)c1cnc(NC2CC2)nc1)C[C@H]3C. The van der Waals surface area contributed by atoms with Crippen molar-refractivity contribution in [1.29, 1.82) is 0 Å².